The lowest BCUT2D eigenvalue weighted by molar-refractivity contribution is 0.0862. The lowest BCUT2D eigenvalue weighted by atomic mass is 10.0. The topological polar surface area (TPSA) is 61.6 Å². The third-order valence-corrected chi connectivity index (χ3v) is 6.82. The van der Waals surface area contributed by atoms with Crippen molar-refractivity contribution in [3.63, 3.8) is 0 Å². The molecule has 2 aromatic rings. The van der Waals surface area contributed by atoms with Gasteiger partial charge in [0.15, 0.2) is 0 Å². The summed E-state index contributed by atoms with van der Waals surface area (Å²) < 4.78 is 0. The highest BCUT2D eigenvalue weighted by Gasteiger charge is 2.23. The van der Waals surface area contributed by atoms with Crippen molar-refractivity contribution in [1.82, 2.24) is 15.1 Å². The van der Waals surface area contributed by atoms with Crippen molar-refractivity contribution < 1.29 is 4.79 Å². The van der Waals surface area contributed by atoms with Gasteiger partial charge < -0.3 is 11.1 Å². The zero-order chi connectivity index (χ0) is 23.1. The molecule has 174 valence electrons. The van der Waals surface area contributed by atoms with Gasteiger partial charge >= 0.3 is 0 Å². The Bertz CT molecular complexity index is 880. The molecule has 1 atom stereocenters. The van der Waals surface area contributed by atoms with Gasteiger partial charge in [-0.15, -0.1) is 0 Å². The molecule has 0 spiro atoms. The minimum Gasteiger partial charge on any atom is -0.348 e. The van der Waals surface area contributed by atoms with E-state index in [0.717, 1.165) is 51.3 Å². The van der Waals surface area contributed by atoms with Crippen LogP contribution in [0.1, 0.15) is 35.3 Å². The molecule has 3 N–H and O–H groups in total. The van der Waals surface area contributed by atoms with E-state index in [-0.39, 0.29) is 11.9 Å². The summed E-state index contributed by atoms with van der Waals surface area (Å²) in [4.78, 5) is 17.7. The fraction of sp³-hybridized carbons (Fsp3) is 0.480. The van der Waals surface area contributed by atoms with Crippen molar-refractivity contribution >= 4 is 29.1 Å². The number of halogens is 2. The highest BCUT2D eigenvalue weighted by molar-refractivity contribution is 6.42. The number of nitrogens with zero attached hydrogens (tertiary/aromatic N) is 2. The number of nitrogens with one attached hydrogen (secondary N) is 1. The minimum absolute atomic E-state index is 0.0127. The molecule has 0 radical (unpaired) electrons. The Hall–Kier alpha value is -1.63. The van der Waals surface area contributed by atoms with Gasteiger partial charge in [-0.1, -0.05) is 55.2 Å². The molecule has 0 bridgehead atoms. The molecule has 1 heterocycles. The van der Waals surface area contributed by atoms with Crippen LogP contribution >= 0.6 is 23.2 Å². The van der Waals surface area contributed by atoms with E-state index in [1.165, 1.54) is 5.56 Å². The third kappa shape index (κ3) is 7.19. The van der Waals surface area contributed by atoms with Gasteiger partial charge in [0.25, 0.3) is 5.91 Å². The first-order chi connectivity index (χ1) is 15.4. The summed E-state index contributed by atoms with van der Waals surface area (Å²) >= 11 is 12.2. The second-order valence-electron chi connectivity index (χ2n) is 8.88. The number of nitrogens with two attached hydrogens (primary N) is 1. The molecule has 7 heteroatoms. The van der Waals surface area contributed by atoms with Gasteiger partial charge in [0, 0.05) is 50.9 Å². The Balaban J connectivity index is 1.49. The number of rotatable bonds is 9. The van der Waals surface area contributed by atoms with Gasteiger partial charge in [-0.2, -0.15) is 0 Å². The molecular formula is C25H34Cl2N4O. The van der Waals surface area contributed by atoms with Crippen molar-refractivity contribution in [2.75, 3.05) is 39.3 Å². The molecule has 5 nitrogen and oxygen atoms in total. The Morgan fingerprint density at radius 3 is 2.19 bits per heavy atom. The van der Waals surface area contributed by atoms with Crippen LogP contribution in [0.5, 0.6) is 0 Å². The largest absolute Gasteiger partial charge is 0.348 e. The maximum Gasteiger partial charge on any atom is 0.251 e. The maximum absolute atomic E-state index is 12.8. The fourth-order valence-corrected chi connectivity index (χ4v) is 4.29. The molecule has 0 aliphatic carbocycles. The highest BCUT2D eigenvalue weighted by Crippen LogP contribution is 2.23. The number of hydrogen-bond acceptors (Lipinski definition) is 4. The average molecular weight is 477 g/mol. The summed E-state index contributed by atoms with van der Waals surface area (Å²) in [5.74, 6) is 0.339. The van der Waals surface area contributed by atoms with Gasteiger partial charge in [-0.3, -0.25) is 14.6 Å². The summed E-state index contributed by atoms with van der Waals surface area (Å²) in [5, 5.41) is 4.44. The van der Waals surface area contributed by atoms with E-state index in [2.05, 4.69) is 29.0 Å². The summed E-state index contributed by atoms with van der Waals surface area (Å²) in [6, 6.07) is 13.7. The smallest absolute Gasteiger partial charge is 0.251 e. The quantitative estimate of drug-likeness (QED) is 0.572. The second kappa shape index (κ2) is 12.0. The lowest BCUT2D eigenvalue weighted by Crippen LogP contribution is -2.52. The van der Waals surface area contributed by atoms with E-state index < -0.39 is 0 Å². The van der Waals surface area contributed by atoms with Gasteiger partial charge in [-0.25, -0.2) is 0 Å². The van der Waals surface area contributed by atoms with Crippen LogP contribution in [0.4, 0.5) is 0 Å². The Morgan fingerprint density at radius 2 is 1.59 bits per heavy atom. The predicted molar refractivity (Wildman–Crippen MR) is 133 cm³/mol. The van der Waals surface area contributed by atoms with Crippen LogP contribution < -0.4 is 11.1 Å². The van der Waals surface area contributed by atoms with E-state index in [0.29, 0.717) is 28.1 Å². The maximum atomic E-state index is 12.8. The molecule has 1 amide bonds. The zero-order valence-electron chi connectivity index (χ0n) is 19.0. The molecule has 2 aromatic carbocycles. The molecule has 0 saturated carbocycles. The van der Waals surface area contributed by atoms with Crippen molar-refractivity contribution in [3.8, 4) is 0 Å². The predicted octanol–water partition coefficient (Wildman–Crippen LogP) is 4.07. The first-order valence-electron chi connectivity index (χ1n) is 11.3. The number of carbonyl (C=O) groups excluding carboxylic acids is 1. The molecular weight excluding hydrogens is 443 g/mol. The van der Waals surface area contributed by atoms with Crippen molar-refractivity contribution in [2.24, 2.45) is 11.7 Å². The van der Waals surface area contributed by atoms with Crippen molar-refractivity contribution in [2.45, 2.75) is 32.9 Å². The van der Waals surface area contributed by atoms with Gasteiger partial charge in [0.1, 0.15) is 0 Å². The second-order valence-corrected chi connectivity index (χ2v) is 9.70. The molecule has 1 unspecified atom stereocenters. The Morgan fingerprint density at radius 1 is 0.969 bits per heavy atom. The Kier molecular flexibility index (Phi) is 9.38. The molecule has 3 rings (SSSR count). The minimum atomic E-state index is -0.0127. The van der Waals surface area contributed by atoms with E-state index in [9.17, 15) is 4.79 Å². The highest BCUT2D eigenvalue weighted by atomic mass is 35.5. The number of piperazine rings is 1. The van der Waals surface area contributed by atoms with Crippen LogP contribution in [0, 0.1) is 5.92 Å². The van der Waals surface area contributed by atoms with Crippen LogP contribution in [0.2, 0.25) is 10.0 Å². The van der Waals surface area contributed by atoms with E-state index >= 15 is 0 Å². The van der Waals surface area contributed by atoms with Gasteiger partial charge in [0.05, 0.1) is 10.0 Å². The van der Waals surface area contributed by atoms with Crippen LogP contribution in [-0.2, 0) is 13.0 Å². The molecule has 1 aliphatic heterocycles. The standard InChI is InChI=1S/C25H34Cl2N4O/c1-18(2)24(29-25(32)21-6-3-19(4-7-21)9-10-28)17-31-13-11-30(12-14-31)16-20-5-8-22(26)23(27)15-20/h3-8,15,18,24H,9-14,16-17,28H2,1-2H3,(H,29,32). The summed E-state index contributed by atoms with van der Waals surface area (Å²) in [6.07, 6.45) is 0.827. The number of amides is 1. The zero-order valence-corrected chi connectivity index (χ0v) is 20.5. The molecule has 1 aliphatic rings. The summed E-state index contributed by atoms with van der Waals surface area (Å²) in [6.45, 7) is 10.6. The van der Waals surface area contributed by atoms with Gasteiger partial charge in [0.2, 0.25) is 0 Å². The van der Waals surface area contributed by atoms with Gasteiger partial charge in [-0.05, 0) is 54.3 Å². The molecule has 0 aromatic heterocycles. The fourth-order valence-electron chi connectivity index (χ4n) is 3.97. The van der Waals surface area contributed by atoms with E-state index in [1.807, 2.05) is 42.5 Å². The first kappa shape index (κ1) is 25.0. The Labute approximate surface area is 201 Å². The van der Waals surface area contributed by atoms with Crippen LogP contribution in [-0.4, -0.2) is 61.0 Å². The SMILES string of the molecule is CC(C)C(CN1CCN(Cc2ccc(Cl)c(Cl)c2)CC1)NC(=O)c1ccc(CCN)cc1. The summed E-state index contributed by atoms with van der Waals surface area (Å²) in [7, 11) is 0. The van der Waals surface area contributed by atoms with E-state index in [4.69, 9.17) is 28.9 Å². The number of benzene rings is 2. The first-order valence-corrected chi connectivity index (χ1v) is 12.1. The van der Waals surface area contributed by atoms with Crippen LogP contribution in [0.25, 0.3) is 0 Å². The van der Waals surface area contributed by atoms with Crippen molar-refractivity contribution in [1.29, 1.82) is 0 Å². The monoisotopic (exact) mass is 476 g/mol. The number of carbonyl (C=O) groups is 1. The van der Waals surface area contributed by atoms with Crippen molar-refractivity contribution in [3.05, 3.63) is 69.2 Å². The number of hydrogen-bond donors (Lipinski definition) is 2. The average Bonchev–Trinajstić information content (AvgIpc) is 2.77. The van der Waals surface area contributed by atoms with Crippen LogP contribution in [0.15, 0.2) is 42.5 Å². The normalized spacial score (nSPS) is 16.3. The lowest BCUT2D eigenvalue weighted by Gasteiger charge is -2.37. The van der Waals surface area contributed by atoms with E-state index in [1.54, 1.807) is 0 Å². The molecule has 1 saturated heterocycles. The molecule has 32 heavy (non-hydrogen) atoms. The third-order valence-electron chi connectivity index (χ3n) is 6.08. The van der Waals surface area contributed by atoms with Crippen LogP contribution in [0.3, 0.4) is 0 Å². The molecule has 1 fully saturated rings. The summed E-state index contributed by atoms with van der Waals surface area (Å²) in [5.41, 5.74) is 8.64.